The van der Waals surface area contributed by atoms with E-state index in [1.165, 1.54) is 0 Å². The number of nitriles is 1. The zero-order chi connectivity index (χ0) is 7.56. The van der Waals surface area contributed by atoms with Crippen molar-refractivity contribution < 1.29 is 0 Å². The lowest BCUT2D eigenvalue weighted by Gasteiger charge is -1.95. The minimum Gasteiger partial charge on any atom is -0.192 e. The highest BCUT2D eigenvalue weighted by atomic mass is 15.1. The smallest absolute Gasteiger partial charge is 0.101 e. The first-order valence-electron chi connectivity index (χ1n) is 2.94. The van der Waals surface area contributed by atoms with Crippen LogP contribution in [-0.2, 0) is 0 Å². The molecule has 0 aliphatic carbocycles. The van der Waals surface area contributed by atoms with Crippen molar-refractivity contribution in [2.45, 2.75) is 13.8 Å². The summed E-state index contributed by atoms with van der Waals surface area (Å²) in [5.74, 6) is 0. The predicted molar refractivity (Wildman–Crippen MR) is 36.2 cm³/mol. The zero-order valence-corrected chi connectivity index (χ0v) is 5.92. The van der Waals surface area contributed by atoms with E-state index in [1.807, 2.05) is 6.92 Å². The van der Waals surface area contributed by atoms with Gasteiger partial charge in [0.25, 0.3) is 0 Å². The summed E-state index contributed by atoms with van der Waals surface area (Å²) in [6.45, 7) is 3.62. The molecule has 1 heterocycles. The Labute approximate surface area is 59.3 Å². The molecule has 1 rings (SSSR count). The van der Waals surface area contributed by atoms with E-state index < -0.39 is 0 Å². The molecule has 0 aliphatic heterocycles. The minimum atomic E-state index is 0.634. The van der Waals surface area contributed by atoms with Crippen LogP contribution in [0.5, 0.6) is 0 Å². The molecule has 0 aromatic carbocycles. The molecule has 1 aromatic rings. The van der Waals surface area contributed by atoms with Gasteiger partial charge in [0.15, 0.2) is 0 Å². The molecule has 0 unspecified atom stereocenters. The maximum atomic E-state index is 8.58. The highest BCUT2D eigenvalue weighted by Gasteiger charge is 2.00. The van der Waals surface area contributed by atoms with Crippen LogP contribution in [0.25, 0.3) is 0 Å². The van der Waals surface area contributed by atoms with Crippen LogP contribution < -0.4 is 0 Å². The van der Waals surface area contributed by atoms with Crippen molar-refractivity contribution >= 4 is 0 Å². The largest absolute Gasteiger partial charge is 0.192 e. The summed E-state index contributed by atoms with van der Waals surface area (Å²) in [5.41, 5.74) is 2.22. The van der Waals surface area contributed by atoms with E-state index in [-0.39, 0.29) is 0 Å². The quantitative estimate of drug-likeness (QED) is 0.529. The number of rotatable bonds is 0. The highest BCUT2D eigenvalue weighted by molar-refractivity contribution is 5.37. The van der Waals surface area contributed by atoms with Crippen LogP contribution in [0.15, 0.2) is 6.20 Å². The third-order valence-electron chi connectivity index (χ3n) is 1.33. The highest BCUT2D eigenvalue weighted by Crippen LogP contribution is 2.05. The molecule has 1 aromatic heterocycles. The summed E-state index contributed by atoms with van der Waals surface area (Å²) in [7, 11) is 0. The van der Waals surface area contributed by atoms with Gasteiger partial charge in [0.2, 0.25) is 0 Å². The number of aryl methyl sites for hydroxylation is 2. The molecule has 3 heteroatoms. The Bertz CT molecular complexity index is 265. The van der Waals surface area contributed by atoms with Crippen molar-refractivity contribution in [2.75, 3.05) is 0 Å². The van der Waals surface area contributed by atoms with Gasteiger partial charge in [-0.3, -0.25) is 0 Å². The molecule has 0 saturated heterocycles. The fourth-order valence-corrected chi connectivity index (χ4v) is 0.771. The van der Waals surface area contributed by atoms with Crippen molar-refractivity contribution in [2.24, 2.45) is 0 Å². The third kappa shape index (κ3) is 0.960. The van der Waals surface area contributed by atoms with Crippen molar-refractivity contribution in [3.05, 3.63) is 23.0 Å². The van der Waals surface area contributed by atoms with Crippen LogP contribution in [0.4, 0.5) is 0 Å². The summed E-state index contributed by atoms with van der Waals surface area (Å²) in [6.07, 6.45) is 1.59. The van der Waals surface area contributed by atoms with Gasteiger partial charge in [0, 0.05) is 0 Å². The van der Waals surface area contributed by atoms with Gasteiger partial charge in [-0.1, -0.05) is 0 Å². The number of hydrogen-bond acceptors (Lipinski definition) is 3. The molecular formula is C7H7N3. The van der Waals surface area contributed by atoms with Gasteiger partial charge in [-0.05, 0) is 19.4 Å². The van der Waals surface area contributed by atoms with E-state index in [4.69, 9.17) is 5.26 Å². The molecule has 0 aliphatic rings. The topological polar surface area (TPSA) is 49.6 Å². The fraction of sp³-hybridized carbons (Fsp3) is 0.286. The fourth-order valence-electron chi connectivity index (χ4n) is 0.771. The molecular weight excluding hydrogens is 126 g/mol. The molecule has 0 radical (unpaired) electrons. The van der Waals surface area contributed by atoms with Crippen LogP contribution in [0, 0.1) is 25.2 Å². The Kier molecular flexibility index (Phi) is 1.63. The average Bonchev–Trinajstić information content (AvgIpc) is 1.88. The van der Waals surface area contributed by atoms with Gasteiger partial charge in [0.05, 0.1) is 17.5 Å². The van der Waals surface area contributed by atoms with Gasteiger partial charge >= 0.3 is 0 Å². The Balaban J connectivity index is 3.34. The van der Waals surface area contributed by atoms with Crippen LogP contribution >= 0.6 is 0 Å². The summed E-state index contributed by atoms with van der Waals surface area (Å²) in [4.78, 5) is 0. The number of aromatic nitrogens is 2. The van der Waals surface area contributed by atoms with E-state index in [2.05, 4.69) is 16.3 Å². The standard InChI is InChI=1S/C7H7N3/c1-5-4-9-10-6(2)7(5)3-8/h4H,1-2H3. The first-order valence-corrected chi connectivity index (χ1v) is 2.94. The van der Waals surface area contributed by atoms with Crippen molar-refractivity contribution in [1.82, 2.24) is 10.2 Å². The van der Waals surface area contributed by atoms with Crippen molar-refractivity contribution in [3.8, 4) is 6.07 Å². The van der Waals surface area contributed by atoms with Crippen LogP contribution in [0.1, 0.15) is 16.8 Å². The molecule has 0 saturated carbocycles. The SMILES string of the molecule is Cc1cnnc(C)c1C#N. The lowest BCUT2D eigenvalue weighted by atomic mass is 10.1. The van der Waals surface area contributed by atoms with Gasteiger partial charge in [-0.15, -0.1) is 0 Å². The van der Waals surface area contributed by atoms with Crippen molar-refractivity contribution in [3.63, 3.8) is 0 Å². The first kappa shape index (κ1) is 6.69. The number of nitrogens with zero attached hydrogens (tertiary/aromatic N) is 3. The Morgan fingerprint density at radius 2 is 2.20 bits per heavy atom. The van der Waals surface area contributed by atoms with Crippen LogP contribution in [-0.4, -0.2) is 10.2 Å². The molecule has 50 valence electrons. The van der Waals surface area contributed by atoms with Crippen LogP contribution in [0.3, 0.4) is 0 Å². The van der Waals surface area contributed by atoms with Gasteiger partial charge < -0.3 is 0 Å². The second-order valence-electron chi connectivity index (χ2n) is 2.10. The Morgan fingerprint density at radius 1 is 1.50 bits per heavy atom. The molecule has 0 atom stereocenters. The Morgan fingerprint density at radius 3 is 2.60 bits per heavy atom. The Hall–Kier alpha value is -1.43. The lowest BCUT2D eigenvalue weighted by molar-refractivity contribution is 0.957. The first-order chi connectivity index (χ1) is 4.75. The van der Waals surface area contributed by atoms with Gasteiger partial charge in [0.1, 0.15) is 6.07 Å². The molecule has 3 nitrogen and oxygen atoms in total. The minimum absolute atomic E-state index is 0.634. The average molecular weight is 133 g/mol. The maximum absolute atomic E-state index is 8.58. The number of hydrogen-bond donors (Lipinski definition) is 0. The van der Waals surface area contributed by atoms with Crippen LogP contribution in [0.2, 0.25) is 0 Å². The normalized spacial score (nSPS) is 8.90. The zero-order valence-electron chi connectivity index (χ0n) is 5.92. The molecule has 0 spiro atoms. The van der Waals surface area contributed by atoms with Gasteiger partial charge in [-0.25, -0.2) is 0 Å². The summed E-state index contributed by atoms with van der Waals surface area (Å²) in [5, 5.41) is 16.0. The molecule has 0 N–H and O–H groups in total. The predicted octanol–water partition coefficient (Wildman–Crippen LogP) is 0.965. The third-order valence-corrected chi connectivity index (χ3v) is 1.33. The van der Waals surface area contributed by atoms with E-state index in [9.17, 15) is 0 Å². The maximum Gasteiger partial charge on any atom is 0.101 e. The van der Waals surface area contributed by atoms with E-state index >= 15 is 0 Å². The molecule has 0 bridgehead atoms. The van der Waals surface area contributed by atoms with E-state index in [0.29, 0.717) is 11.3 Å². The van der Waals surface area contributed by atoms with E-state index in [0.717, 1.165) is 5.56 Å². The lowest BCUT2D eigenvalue weighted by Crippen LogP contribution is -1.93. The molecule has 0 amide bonds. The van der Waals surface area contributed by atoms with E-state index in [1.54, 1.807) is 13.1 Å². The molecule has 0 fully saturated rings. The second kappa shape index (κ2) is 2.44. The monoisotopic (exact) mass is 133 g/mol. The van der Waals surface area contributed by atoms with Gasteiger partial charge in [-0.2, -0.15) is 15.5 Å². The summed E-state index contributed by atoms with van der Waals surface area (Å²) >= 11 is 0. The molecule has 10 heavy (non-hydrogen) atoms. The second-order valence-corrected chi connectivity index (χ2v) is 2.10. The van der Waals surface area contributed by atoms with Crippen molar-refractivity contribution in [1.29, 1.82) is 5.26 Å². The summed E-state index contributed by atoms with van der Waals surface area (Å²) in [6, 6.07) is 2.06. The summed E-state index contributed by atoms with van der Waals surface area (Å²) < 4.78 is 0.